The van der Waals surface area contributed by atoms with E-state index in [1.807, 2.05) is 6.92 Å². The molecule has 1 heterocycles. The third-order valence-corrected chi connectivity index (χ3v) is 4.43. The van der Waals surface area contributed by atoms with Crippen molar-refractivity contribution >= 4 is 17.1 Å². The fourth-order valence-corrected chi connectivity index (χ4v) is 3.65. The lowest BCUT2D eigenvalue weighted by Crippen LogP contribution is -2.02. The van der Waals surface area contributed by atoms with Crippen LogP contribution in [-0.4, -0.2) is 10.8 Å². The molecular formula is C12H17NOS. The summed E-state index contributed by atoms with van der Waals surface area (Å²) in [5.74, 6) is 1.43. The van der Waals surface area contributed by atoms with Gasteiger partial charge in [0, 0.05) is 17.7 Å². The molecule has 0 amide bonds. The van der Waals surface area contributed by atoms with Gasteiger partial charge in [-0.2, -0.15) is 0 Å². The van der Waals surface area contributed by atoms with Gasteiger partial charge in [0.1, 0.15) is 5.69 Å². The first-order valence-electron chi connectivity index (χ1n) is 5.58. The van der Waals surface area contributed by atoms with Crippen molar-refractivity contribution in [3.05, 3.63) is 15.6 Å². The number of Topliss-reactive ketones (excluding diaryl/α,β-unsaturated/α-hetero) is 1. The molecule has 1 aliphatic carbocycles. The van der Waals surface area contributed by atoms with Crippen LogP contribution in [0.4, 0.5) is 0 Å². The highest BCUT2D eigenvalue weighted by molar-refractivity contribution is 7.12. The fourth-order valence-electron chi connectivity index (χ4n) is 2.41. The van der Waals surface area contributed by atoms with Crippen LogP contribution in [0.15, 0.2) is 0 Å². The highest BCUT2D eigenvalue weighted by atomic mass is 32.1. The molecule has 15 heavy (non-hydrogen) atoms. The summed E-state index contributed by atoms with van der Waals surface area (Å²) in [6.07, 6.45) is 3.85. The zero-order valence-corrected chi connectivity index (χ0v) is 10.4. The number of hydrogen-bond donors (Lipinski definition) is 0. The lowest BCUT2D eigenvalue weighted by atomic mass is 9.99. The van der Waals surface area contributed by atoms with Gasteiger partial charge in [-0.15, -0.1) is 11.3 Å². The van der Waals surface area contributed by atoms with Gasteiger partial charge in [-0.1, -0.05) is 19.8 Å². The minimum Gasteiger partial charge on any atom is -0.293 e. The van der Waals surface area contributed by atoms with Crippen LogP contribution in [0.5, 0.6) is 0 Å². The Labute approximate surface area is 94.7 Å². The van der Waals surface area contributed by atoms with Gasteiger partial charge in [0.15, 0.2) is 5.78 Å². The Bertz CT molecular complexity index is 383. The Hall–Kier alpha value is -0.700. The molecular weight excluding hydrogens is 206 g/mol. The summed E-state index contributed by atoms with van der Waals surface area (Å²) in [6, 6.07) is 0. The molecule has 0 bridgehead atoms. The zero-order valence-electron chi connectivity index (χ0n) is 9.54. The molecule has 0 saturated heterocycles. The fraction of sp³-hybridized carbons (Fsp3) is 0.667. The van der Waals surface area contributed by atoms with Gasteiger partial charge in [0.2, 0.25) is 0 Å². The minimum atomic E-state index is 0.0978. The van der Waals surface area contributed by atoms with E-state index in [1.165, 1.54) is 24.3 Å². The molecule has 0 aromatic carbocycles. The first kappa shape index (κ1) is 10.8. The monoisotopic (exact) mass is 223 g/mol. The lowest BCUT2D eigenvalue weighted by Gasteiger charge is -2.10. The number of ketones is 1. The molecule has 1 aromatic heterocycles. The van der Waals surface area contributed by atoms with Gasteiger partial charge >= 0.3 is 0 Å². The molecule has 1 aliphatic rings. The van der Waals surface area contributed by atoms with Gasteiger partial charge in [0.05, 0.1) is 5.01 Å². The Morgan fingerprint density at radius 1 is 1.47 bits per heavy atom. The molecule has 1 saturated carbocycles. The number of carbonyl (C=O) groups excluding carboxylic acids is 1. The number of carbonyl (C=O) groups is 1. The van der Waals surface area contributed by atoms with E-state index in [-0.39, 0.29) is 5.78 Å². The Kier molecular flexibility index (Phi) is 2.91. The summed E-state index contributed by atoms with van der Waals surface area (Å²) in [4.78, 5) is 16.9. The summed E-state index contributed by atoms with van der Waals surface area (Å²) < 4.78 is 0. The van der Waals surface area contributed by atoms with Crippen LogP contribution in [-0.2, 0) is 0 Å². The van der Waals surface area contributed by atoms with E-state index in [2.05, 4.69) is 11.9 Å². The van der Waals surface area contributed by atoms with Crippen molar-refractivity contribution in [1.82, 2.24) is 4.98 Å². The van der Waals surface area contributed by atoms with E-state index < -0.39 is 0 Å². The largest absolute Gasteiger partial charge is 0.293 e. The maximum atomic E-state index is 11.3. The molecule has 2 nitrogen and oxygen atoms in total. The van der Waals surface area contributed by atoms with E-state index >= 15 is 0 Å². The van der Waals surface area contributed by atoms with Crippen LogP contribution in [0.2, 0.25) is 0 Å². The number of aryl methyl sites for hydroxylation is 1. The second kappa shape index (κ2) is 4.05. The molecule has 2 atom stereocenters. The maximum Gasteiger partial charge on any atom is 0.179 e. The number of thiazole rings is 1. The SMILES string of the molecule is CC(=O)c1nc(C2CCCC2C)sc1C. The molecule has 82 valence electrons. The van der Waals surface area contributed by atoms with E-state index in [0.717, 1.165) is 10.8 Å². The molecule has 0 aliphatic heterocycles. The van der Waals surface area contributed by atoms with E-state index in [0.29, 0.717) is 11.6 Å². The quantitative estimate of drug-likeness (QED) is 0.718. The van der Waals surface area contributed by atoms with Gasteiger partial charge in [-0.25, -0.2) is 4.98 Å². The molecule has 0 N–H and O–H groups in total. The van der Waals surface area contributed by atoms with Gasteiger partial charge in [-0.3, -0.25) is 4.79 Å². The van der Waals surface area contributed by atoms with Crippen molar-refractivity contribution in [1.29, 1.82) is 0 Å². The number of aromatic nitrogens is 1. The Morgan fingerprint density at radius 3 is 2.67 bits per heavy atom. The first-order valence-corrected chi connectivity index (χ1v) is 6.39. The van der Waals surface area contributed by atoms with Crippen molar-refractivity contribution in [2.75, 3.05) is 0 Å². The molecule has 1 fully saturated rings. The van der Waals surface area contributed by atoms with Crippen LogP contribution in [0.1, 0.15) is 59.4 Å². The summed E-state index contributed by atoms with van der Waals surface area (Å²) in [5.41, 5.74) is 0.689. The lowest BCUT2D eigenvalue weighted by molar-refractivity contribution is 0.101. The molecule has 2 unspecified atom stereocenters. The smallest absolute Gasteiger partial charge is 0.179 e. The minimum absolute atomic E-state index is 0.0978. The Balaban J connectivity index is 2.29. The number of hydrogen-bond acceptors (Lipinski definition) is 3. The standard InChI is InChI=1S/C12H17NOS/c1-7-5-4-6-10(7)12-13-11(8(2)14)9(3)15-12/h7,10H,4-6H2,1-3H3. The number of rotatable bonds is 2. The predicted octanol–water partition coefficient (Wildman–Crippen LogP) is 3.56. The molecule has 3 heteroatoms. The number of nitrogens with zero attached hydrogens (tertiary/aromatic N) is 1. The molecule has 0 spiro atoms. The highest BCUT2D eigenvalue weighted by Crippen LogP contribution is 2.41. The van der Waals surface area contributed by atoms with E-state index in [9.17, 15) is 4.79 Å². The third kappa shape index (κ3) is 1.98. The predicted molar refractivity (Wildman–Crippen MR) is 62.6 cm³/mol. The Morgan fingerprint density at radius 2 is 2.20 bits per heavy atom. The summed E-state index contributed by atoms with van der Waals surface area (Å²) >= 11 is 1.71. The summed E-state index contributed by atoms with van der Waals surface area (Å²) in [5, 5.41) is 1.18. The molecule has 0 radical (unpaired) electrons. The molecule has 2 rings (SSSR count). The first-order chi connectivity index (χ1) is 7.09. The van der Waals surface area contributed by atoms with E-state index in [1.54, 1.807) is 18.3 Å². The maximum absolute atomic E-state index is 11.3. The van der Waals surface area contributed by atoms with Crippen molar-refractivity contribution < 1.29 is 4.79 Å². The average molecular weight is 223 g/mol. The van der Waals surface area contributed by atoms with E-state index in [4.69, 9.17) is 0 Å². The van der Waals surface area contributed by atoms with Crippen LogP contribution < -0.4 is 0 Å². The van der Waals surface area contributed by atoms with Gasteiger partial charge in [-0.05, 0) is 19.3 Å². The van der Waals surface area contributed by atoms with Crippen LogP contribution in [0.25, 0.3) is 0 Å². The second-order valence-electron chi connectivity index (χ2n) is 4.53. The topological polar surface area (TPSA) is 30.0 Å². The van der Waals surface area contributed by atoms with Gasteiger partial charge in [0.25, 0.3) is 0 Å². The second-order valence-corrected chi connectivity index (χ2v) is 5.76. The van der Waals surface area contributed by atoms with Crippen LogP contribution in [0.3, 0.4) is 0 Å². The summed E-state index contributed by atoms with van der Waals surface area (Å²) in [6.45, 7) is 5.89. The average Bonchev–Trinajstić information content (AvgIpc) is 2.71. The van der Waals surface area contributed by atoms with Crippen LogP contribution >= 0.6 is 11.3 Å². The summed E-state index contributed by atoms with van der Waals surface area (Å²) in [7, 11) is 0. The van der Waals surface area contributed by atoms with Gasteiger partial charge < -0.3 is 0 Å². The van der Waals surface area contributed by atoms with Crippen molar-refractivity contribution in [2.24, 2.45) is 5.92 Å². The molecule has 1 aromatic rings. The third-order valence-electron chi connectivity index (χ3n) is 3.33. The van der Waals surface area contributed by atoms with Crippen molar-refractivity contribution in [3.8, 4) is 0 Å². The van der Waals surface area contributed by atoms with Crippen molar-refractivity contribution in [3.63, 3.8) is 0 Å². The van der Waals surface area contributed by atoms with Crippen LogP contribution in [0, 0.1) is 12.8 Å². The highest BCUT2D eigenvalue weighted by Gasteiger charge is 2.28. The van der Waals surface area contributed by atoms with Crippen molar-refractivity contribution in [2.45, 2.75) is 46.0 Å². The normalized spacial score (nSPS) is 25.8. The zero-order chi connectivity index (χ0) is 11.0.